The summed E-state index contributed by atoms with van der Waals surface area (Å²) in [4.78, 5) is 2.70. The predicted molar refractivity (Wildman–Crippen MR) is 76.6 cm³/mol. The summed E-state index contributed by atoms with van der Waals surface area (Å²) in [6.07, 6.45) is 2.85. The third kappa shape index (κ3) is 2.21. The molecule has 0 radical (unpaired) electrons. The number of hydrogen-bond acceptors (Lipinski definition) is 4. The fourth-order valence-corrected chi connectivity index (χ4v) is 4.80. The monoisotopic (exact) mass is 329 g/mol. The number of fused-ring (bicyclic) bond motifs is 1. The summed E-state index contributed by atoms with van der Waals surface area (Å²) >= 11 is 7.29. The minimum Gasteiger partial charge on any atom is -0.466 e. The first kappa shape index (κ1) is 11.8. The molecule has 0 saturated carbocycles. The highest BCUT2D eigenvalue weighted by Crippen LogP contribution is 2.37. The third-order valence-electron chi connectivity index (χ3n) is 2.88. The zero-order valence-electron chi connectivity index (χ0n) is 9.11. The fourth-order valence-electron chi connectivity index (χ4n) is 1.98. The second-order valence-electron chi connectivity index (χ2n) is 4.01. The Morgan fingerprint density at radius 3 is 3.06 bits per heavy atom. The molecular weight excluding hydrogens is 318 g/mol. The number of aryl methyl sites for hydroxylation is 1. The van der Waals surface area contributed by atoms with Crippen molar-refractivity contribution in [3.63, 3.8) is 0 Å². The number of thioether (sulfide) groups is 1. The second-order valence-corrected chi connectivity index (χ2v) is 7.14. The summed E-state index contributed by atoms with van der Waals surface area (Å²) in [6, 6.07) is 3.98. The molecule has 2 aromatic heterocycles. The van der Waals surface area contributed by atoms with Crippen molar-refractivity contribution in [2.24, 2.45) is 5.73 Å². The molecule has 1 unspecified atom stereocenters. The van der Waals surface area contributed by atoms with Gasteiger partial charge in [0.25, 0.3) is 0 Å². The quantitative estimate of drug-likeness (QED) is 0.906. The SMILES string of the molecule is NC(c1cc2c(s1)CCSC2)c1occc1Br. The maximum atomic E-state index is 6.25. The number of furan rings is 1. The molecule has 0 bridgehead atoms. The van der Waals surface area contributed by atoms with Crippen LogP contribution in [-0.2, 0) is 12.2 Å². The van der Waals surface area contributed by atoms with Gasteiger partial charge in [-0.2, -0.15) is 11.8 Å². The predicted octanol–water partition coefficient (Wildman–Crippen LogP) is 3.94. The minimum atomic E-state index is -0.153. The molecule has 0 spiro atoms. The van der Waals surface area contributed by atoms with Crippen LogP contribution in [0.1, 0.15) is 27.1 Å². The number of hydrogen-bond donors (Lipinski definition) is 1. The highest BCUT2D eigenvalue weighted by Gasteiger charge is 2.21. The number of thiophene rings is 1. The molecule has 2 N–H and O–H groups in total. The molecule has 0 amide bonds. The lowest BCUT2D eigenvalue weighted by molar-refractivity contribution is 0.489. The highest BCUT2D eigenvalue weighted by atomic mass is 79.9. The molecule has 0 aromatic carbocycles. The van der Waals surface area contributed by atoms with E-state index in [2.05, 4.69) is 22.0 Å². The van der Waals surface area contributed by atoms with Crippen LogP contribution >= 0.6 is 39.0 Å². The van der Waals surface area contributed by atoms with Crippen LogP contribution in [0.25, 0.3) is 0 Å². The first-order valence-electron chi connectivity index (χ1n) is 5.43. The van der Waals surface area contributed by atoms with Crippen molar-refractivity contribution in [1.82, 2.24) is 0 Å². The average Bonchev–Trinajstić information content (AvgIpc) is 2.93. The van der Waals surface area contributed by atoms with E-state index >= 15 is 0 Å². The van der Waals surface area contributed by atoms with E-state index in [1.165, 1.54) is 27.5 Å². The lowest BCUT2D eigenvalue weighted by Gasteiger charge is -2.08. The number of rotatable bonds is 2. The van der Waals surface area contributed by atoms with Crippen molar-refractivity contribution in [1.29, 1.82) is 0 Å². The van der Waals surface area contributed by atoms with Crippen LogP contribution in [0, 0.1) is 0 Å². The Balaban J connectivity index is 1.94. The molecular formula is C12H12BrNOS2. The van der Waals surface area contributed by atoms with E-state index in [0.717, 1.165) is 16.0 Å². The van der Waals surface area contributed by atoms with E-state index in [4.69, 9.17) is 10.2 Å². The van der Waals surface area contributed by atoms with Crippen LogP contribution in [-0.4, -0.2) is 5.75 Å². The fraction of sp³-hybridized carbons (Fsp3) is 0.333. The minimum absolute atomic E-state index is 0.153. The van der Waals surface area contributed by atoms with Crippen LogP contribution in [0.15, 0.2) is 27.3 Å². The zero-order chi connectivity index (χ0) is 11.8. The lowest BCUT2D eigenvalue weighted by Crippen LogP contribution is -2.09. The lowest BCUT2D eigenvalue weighted by atomic mass is 10.1. The van der Waals surface area contributed by atoms with E-state index in [1.54, 1.807) is 6.26 Å². The van der Waals surface area contributed by atoms with Crippen LogP contribution in [0.2, 0.25) is 0 Å². The summed E-state index contributed by atoms with van der Waals surface area (Å²) in [6.45, 7) is 0. The van der Waals surface area contributed by atoms with E-state index in [1.807, 2.05) is 29.2 Å². The van der Waals surface area contributed by atoms with E-state index in [0.29, 0.717) is 0 Å². The van der Waals surface area contributed by atoms with Crippen molar-refractivity contribution >= 4 is 39.0 Å². The largest absolute Gasteiger partial charge is 0.466 e. The van der Waals surface area contributed by atoms with Crippen molar-refractivity contribution in [3.05, 3.63) is 43.9 Å². The normalized spacial score (nSPS) is 16.8. The Bertz CT molecular complexity index is 511. The second kappa shape index (κ2) is 4.80. The van der Waals surface area contributed by atoms with Gasteiger partial charge in [0.05, 0.1) is 16.8 Å². The van der Waals surface area contributed by atoms with E-state index < -0.39 is 0 Å². The molecule has 5 heteroatoms. The van der Waals surface area contributed by atoms with Crippen molar-refractivity contribution < 1.29 is 4.42 Å². The molecule has 2 aromatic rings. The van der Waals surface area contributed by atoms with Gasteiger partial charge >= 0.3 is 0 Å². The average molecular weight is 330 g/mol. The van der Waals surface area contributed by atoms with Gasteiger partial charge in [0.2, 0.25) is 0 Å². The Morgan fingerprint density at radius 2 is 2.35 bits per heavy atom. The van der Waals surface area contributed by atoms with Crippen molar-refractivity contribution in [2.45, 2.75) is 18.2 Å². The van der Waals surface area contributed by atoms with Crippen LogP contribution in [0.5, 0.6) is 0 Å². The molecule has 90 valence electrons. The maximum Gasteiger partial charge on any atom is 0.139 e. The molecule has 2 nitrogen and oxygen atoms in total. The molecule has 3 heterocycles. The van der Waals surface area contributed by atoms with Gasteiger partial charge in [-0.25, -0.2) is 0 Å². The highest BCUT2D eigenvalue weighted by molar-refractivity contribution is 9.10. The number of halogens is 1. The summed E-state index contributed by atoms with van der Waals surface area (Å²) in [7, 11) is 0. The van der Waals surface area contributed by atoms with Crippen LogP contribution < -0.4 is 5.73 Å². The first-order chi connectivity index (χ1) is 8.25. The molecule has 0 aliphatic carbocycles. The molecule has 1 atom stereocenters. The van der Waals surface area contributed by atoms with Gasteiger partial charge in [0.1, 0.15) is 5.76 Å². The standard InChI is InChI=1S/C12H12BrNOS2/c13-8-1-3-15-12(8)11(14)10-5-7-6-16-4-2-9(7)17-10/h1,3,5,11H,2,4,6,14H2. The molecule has 3 rings (SSSR count). The molecule has 17 heavy (non-hydrogen) atoms. The smallest absolute Gasteiger partial charge is 0.139 e. The maximum absolute atomic E-state index is 6.25. The van der Waals surface area contributed by atoms with Crippen LogP contribution in [0.4, 0.5) is 0 Å². The Kier molecular flexibility index (Phi) is 3.34. The molecule has 0 saturated heterocycles. The van der Waals surface area contributed by atoms with Gasteiger partial charge in [-0.05, 0) is 45.8 Å². The first-order valence-corrected chi connectivity index (χ1v) is 8.20. The summed E-state index contributed by atoms with van der Waals surface area (Å²) in [5, 5.41) is 0. The zero-order valence-corrected chi connectivity index (χ0v) is 12.3. The van der Waals surface area contributed by atoms with E-state index in [-0.39, 0.29) is 6.04 Å². The molecule has 1 aliphatic heterocycles. The van der Waals surface area contributed by atoms with Gasteiger partial charge < -0.3 is 10.2 Å². The topological polar surface area (TPSA) is 39.2 Å². The number of nitrogens with two attached hydrogens (primary N) is 1. The Labute approximate surface area is 117 Å². The van der Waals surface area contributed by atoms with Gasteiger partial charge in [-0.3, -0.25) is 0 Å². The van der Waals surface area contributed by atoms with Crippen molar-refractivity contribution in [3.8, 4) is 0 Å². The summed E-state index contributed by atoms with van der Waals surface area (Å²) in [5.74, 6) is 3.17. The third-order valence-corrected chi connectivity index (χ3v) is 5.86. The van der Waals surface area contributed by atoms with Gasteiger partial charge in [0, 0.05) is 15.5 Å². The summed E-state index contributed by atoms with van der Waals surface area (Å²) in [5.41, 5.74) is 7.71. The summed E-state index contributed by atoms with van der Waals surface area (Å²) < 4.78 is 6.39. The van der Waals surface area contributed by atoms with Gasteiger partial charge in [0.15, 0.2) is 0 Å². The van der Waals surface area contributed by atoms with Crippen molar-refractivity contribution in [2.75, 3.05) is 5.75 Å². The van der Waals surface area contributed by atoms with E-state index in [9.17, 15) is 0 Å². The van der Waals surface area contributed by atoms with Gasteiger partial charge in [-0.1, -0.05) is 0 Å². The Morgan fingerprint density at radius 1 is 1.47 bits per heavy atom. The van der Waals surface area contributed by atoms with Crippen LogP contribution in [0.3, 0.4) is 0 Å². The molecule has 0 fully saturated rings. The Hall–Kier alpha value is -0.230. The van der Waals surface area contributed by atoms with Gasteiger partial charge in [-0.15, -0.1) is 11.3 Å². The molecule has 1 aliphatic rings.